The fraction of sp³-hybridized carbons (Fsp3) is 0.286. The molecule has 1 heterocycles. The minimum Gasteiger partial charge on any atom is -0.496 e. The van der Waals surface area contributed by atoms with E-state index >= 15 is 0 Å². The Kier molecular flexibility index (Phi) is 5.26. The van der Waals surface area contributed by atoms with Crippen LogP contribution in [-0.2, 0) is 0 Å². The van der Waals surface area contributed by atoms with E-state index in [2.05, 4.69) is 0 Å². The van der Waals surface area contributed by atoms with E-state index in [1.54, 1.807) is 44.4 Å². The second-order valence-electron chi connectivity index (χ2n) is 6.56. The zero-order chi connectivity index (χ0) is 19.6. The molecule has 0 bridgehead atoms. The number of methoxy groups -OCH3 is 1. The Bertz CT molecular complexity index is 903. The van der Waals surface area contributed by atoms with Crippen molar-refractivity contribution in [2.45, 2.75) is 6.92 Å². The van der Waals surface area contributed by atoms with Gasteiger partial charge in [0.2, 0.25) is 0 Å². The molecule has 2 N–H and O–H groups in total. The molecule has 6 heteroatoms. The summed E-state index contributed by atoms with van der Waals surface area (Å²) < 4.78 is 16.7. The number of nitrogens with two attached hydrogens (primary N) is 1. The molecular weight excluding hydrogens is 344 g/mol. The van der Waals surface area contributed by atoms with Crippen molar-refractivity contribution in [1.29, 1.82) is 0 Å². The van der Waals surface area contributed by atoms with Gasteiger partial charge in [0.05, 0.1) is 18.5 Å². The minimum atomic E-state index is -0.0740. The Morgan fingerprint density at radius 2 is 1.81 bits per heavy atom. The number of Topliss-reactive ketones (excluding diaryl/α,β-unsaturated/α-hetero) is 1. The molecule has 1 aliphatic heterocycles. The van der Waals surface area contributed by atoms with Gasteiger partial charge in [-0.3, -0.25) is 4.79 Å². The van der Waals surface area contributed by atoms with E-state index in [4.69, 9.17) is 19.9 Å². The van der Waals surface area contributed by atoms with Gasteiger partial charge in [0.1, 0.15) is 19.0 Å². The highest BCUT2D eigenvalue weighted by atomic mass is 16.6. The molecule has 0 fully saturated rings. The Hall–Kier alpha value is -3.15. The summed E-state index contributed by atoms with van der Waals surface area (Å²) >= 11 is 0. The van der Waals surface area contributed by atoms with E-state index in [0.717, 1.165) is 11.3 Å². The number of rotatable bonds is 5. The van der Waals surface area contributed by atoms with Crippen LogP contribution >= 0.6 is 0 Å². The molecule has 27 heavy (non-hydrogen) atoms. The second kappa shape index (κ2) is 7.61. The van der Waals surface area contributed by atoms with Gasteiger partial charge < -0.3 is 24.8 Å². The van der Waals surface area contributed by atoms with Crippen molar-refractivity contribution in [2.75, 3.05) is 45.1 Å². The van der Waals surface area contributed by atoms with Crippen molar-refractivity contribution < 1.29 is 19.0 Å². The number of nitrogen functional groups attached to an aromatic ring is 1. The van der Waals surface area contributed by atoms with Gasteiger partial charge in [-0.25, -0.2) is 0 Å². The highest BCUT2D eigenvalue weighted by Gasteiger charge is 2.17. The predicted octanol–water partition coefficient (Wildman–Crippen LogP) is 3.40. The van der Waals surface area contributed by atoms with Gasteiger partial charge in [0.25, 0.3) is 0 Å². The van der Waals surface area contributed by atoms with Gasteiger partial charge in [-0.2, -0.15) is 0 Å². The van der Waals surface area contributed by atoms with Crippen LogP contribution in [0.1, 0.15) is 22.8 Å². The van der Waals surface area contributed by atoms with Crippen LogP contribution < -0.4 is 24.8 Å². The quantitative estimate of drug-likeness (QED) is 0.495. The normalized spacial score (nSPS) is 13.3. The van der Waals surface area contributed by atoms with E-state index in [1.807, 2.05) is 25.1 Å². The van der Waals surface area contributed by atoms with E-state index in [1.165, 1.54) is 0 Å². The first-order chi connectivity index (χ1) is 12.9. The van der Waals surface area contributed by atoms with Crippen molar-refractivity contribution in [3.05, 3.63) is 47.0 Å². The molecule has 3 rings (SSSR count). The summed E-state index contributed by atoms with van der Waals surface area (Å²) in [6.45, 7) is 2.79. The van der Waals surface area contributed by atoms with Crippen LogP contribution in [0, 0.1) is 0 Å². The third-order valence-corrected chi connectivity index (χ3v) is 4.40. The first kappa shape index (κ1) is 18.6. The van der Waals surface area contributed by atoms with Crippen LogP contribution in [-0.4, -0.2) is 40.2 Å². The number of hydrogen-bond donors (Lipinski definition) is 1. The van der Waals surface area contributed by atoms with Crippen LogP contribution in [0.5, 0.6) is 17.2 Å². The largest absolute Gasteiger partial charge is 0.496 e. The summed E-state index contributed by atoms with van der Waals surface area (Å²) in [5, 5.41) is 0. The maximum atomic E-state index is 12.9. The van der Waals surface area contributed by atoms with Crippen molar-refractivity contribution in [1.82, 2.24) is 0 Å². The maximum Gasteiger partial charge on any atom is 0.188 e. The summed E-state index contributed by atoms with van der Waals surface area (Å²) in [7, 11) is 5.37. The number of ketones is 1. The lowest BCUT2D eigenvalue weighted by Crippen LogP contribution is -2.15. The van der Waals surface area contributed by atoms with Gasteiger partial charge in [-0.1, -0.05) is 0 Å². The Morgan fingerprint density at radius 1 is 1.15 bits per heavy atom. The topological polar surface area (TPSA) is 74.0 Å². The molecule has 0 aromatic heterocycles. The SMILES string of the molecule is COc1cc2c(cc1/C=C(\C)C(=O)c1ccc(N)c(N(C)C)c1)OCCO2. The molecular formula is C21H24N2O4. The number of hydrogen-bond acceptors (Lipinski definition) is 6. The third kappa shape index (κ3) is 3.84. The average molecular weight is 368 g/mol. The first-order valence-electron chi connectivity index (χ1n) is 8.68. The van der Waals surface area contributed by atoms with E-state index in [-0.39, 0.29) is 5.78 Å². The fourth-order valence-electron chi connectivity index (χ4n) is 2.97. The highest BCUT2D eigenvalue weighted by Crippen LogP contribution is 2.37. The number of carbonyl (C=O) groups excluding carboxylic acids is 1. The Morgan fingerprint density at radius 3 is 2.44 bits per heavy atom. The number of benzene rings is 2. The lowest BCUT2D eigenvalue weighted by Gasteiger charge is -2.20. The molecule has 0 spiro atoms. The molecule has 0 amide bonds. The van der Waals surface area contributed by atoms with Gasteiger partial charge in [0.15, 0.2) is 17.3 Å². The van der Waals surface area contributed by atoms with Gasteiger partial charge in [-0.15, -0.1) is 0 Å². The number of carbonyl (C=O) groups is 1. The number of ether oxygens (including phenoxy) is 3. The lowest BCUT2D eigenvalue weighted by atomic mass is 10.0. The maximum absolute atomic E-state index is 12.9. The van der Waals surface area contributed by atoms with Crippen LogP contribution in [0.3, 0.4) is 0 Å². The van der Waals surface area contributed by atoms with Crippen molar-refractivity contribution in [3.8, 4) is 17.2 Å². The highest BCUT2D eigenvalue weighted by molar-refractivity contribution is 6.11. The molecule has 0 saturated heterocycles. The van der Waals surface area contributed by atoms with Crippen LogP contribution in [0.25, 0.3) is 6.08 Å². The summed E-state index contributed by atoms with van der Waals surface area (Å²) in [5.41, 5.74) is 9.35. The predicted molar refractivity (Wildman–Crippen MR) is 107 cm³/mol. The van der Waals surface area contributed by atoms with E-state index < -0.39 is 0 Å². The monoisotopic (exact) mass is 368 g/mol. The molecule has 0 saturated carbocycles. The fourth-order valence-corrected chi connectivity index (χ4v) is 2.97. The Labute approximate surface area is 159 Å². The molecule has 0 atom stereocenters. The zero-order valence-electron chi connectivity index (χ0n) is 16.0. The van der Waals surface area contributed by atoms with E-state index in [9.17, 15) is 4.79 Å². The van der Waals surface area contributed by atoms with Crippen LogP contribution in [0.15, 0.2) is 35.9 Å². The Balaban J connectivity index is 1.95. The number of allylic oxidation sites excluding steroid dienone is 1. The molecule has 0 radical (unpaired) electrons. The lowest BCUT2D eigenvalue weighted by molar-refractivity contribution is 0.103. The molecule has 6 nitrogen and oxygen atoms in total. The smallest absolute Gasteiger partial charge is 0.188 e. The summed E-state index contributed by atoms with van der Waals surface area (Å²) in [6.07, 6.45) is 1.80. The minimum absolute atomic E-state index is 0.0740. The van der Waals surface area contributed by atoms with Crippen molar-refractivity contribution >= 4 is 23.2 Å². The van der Waals surface area contributed by atoms with Crippen molar-refractivity contribution in [2.24, 2.45) is 0 Å². The van der Waals surface area contributed by atoms with E-state index in [0.29, 0.717) is 47.3 Å². The van der Waals surface area contributed by atoms with Gasteiger partial charge >= 0.3 is 0 Å². The molecule has 2 aromatic rings. The number of fused-ring (bicyclic) bond motifs is 1. The molecule has 0 unspecified atom stereocenters. The molecule has 142 valence electrons. The summed E-state index contributed by atoms with van der Waals surface area (Å²) in [6, 6.07) is 8.91. The van der Waals surface area contributed by atoms with Crippen molar-refractivity contribution in [3.63, 3.8) is 0 Å². The van der Waals surface area contributed by atoms with Crippen LogP contribution in [0.4, 0.5) is 11.4 Å². The second-order valence-corrected chi connectivity index (χ2v) is 6.56. The van der Waals surface area contributed by atoms with Gasteiger partial charge in [0, 0.05) is 31.3 Å². The zero-order valence-corrected chi connectivity index (χ0v) is 16.0. The number of nitrogens with zero attached hydrogens (tertiary/aromatic N) is 1. The van der Waals surface area contributed by atoms with Gasteiger partial charge in [-0.05, 0) is 42.8 Å². The number of anilines is 2. The summed E-state index contributed by atoms with van der Waals surface area (Å²) in [4.78, 5) is 14.8. The molecule has 1 aliphatic rings. The standard InChI is InChI=1S/C21H24N2O4/c1-13(21(24)14-5-6-16(22)17(10-14)23(2)3)9-15-11-19-20(12-18(15)25-4)27-8-7-26-19/h5-6,9-12H,7-8,22H2,1-4H3/b13-9+. The van der Waals surface area contributed by atoms with Crippen LogP contribution in [0.2, 0.25) is 0 Å². The summed E-state index contributed by atoms with van der Waals surface area (Å²) in [5.74, 6) is 1.84. The molecule has 2 aromatic carbocycles. The third-order valence-electron chi connectivity index (χ3n) is 4.40. The average Bonchev–Trinajstić information content (AvgIpc) is 2.66. The molecule has 0 aliphatic carbocycles. The first-order valence-corrected chi connectivity index (χ1v) is 8.68.